The van der Waals surface area contributed by atoms with E-state index in [0.717, 1.165) is 25.7 Å². The number of piperidine rings is 1. The Morgan fingerprint density at radius 3 is 2.70 bits per heavy atom. The molecule has 0 amide bonds. The van der Waals surface area contributed by atoms with Gasteiger partial charge >= 0.3 is 0 Å². The van der Waals surface area contributed by atoms with E-state index in [0.29, 0.717) is 19.0 Å². The van der Waals surface area contributed by atoms with E-state index in [9.17, 15) is 8.42 Å². The van der Waals surface area contributed by atoms with Crippen LogP contribution in [0.4, 0.5) is 0 Å². The highest BCUT2D eigenvalue weighted by molar-refractivity contribution is 7.86. The number of oxime groups is 1. The molecule has 1 heterocycles. The van der Waals surface area contributed by atoms with E-state index in [4.69, 9.17) is 10.9 Å². The van der Waals surface area contributed by atoms with Gasteiger partial charge in [0.25, 0.3) is 10.2 Å². The number of nitrogens with zero attached hydrogens (tertiary/aromatic N) is 3. The van der Waals surface area contributed by atoms with Crippen LogP contribution in [-0.4, -0.2) is 53.7 Å². The predicted molar refractivity (Wildman–Crippen MR) is 76.6 cm³/mol. The molecule has 0 aromatic carbocycles. The van der Waals surface area contributed by atoms with Crippen molar-refractivity contribution in [2.75, 3.05) is 19.6 Å². The third-order valence-electron chi connectivity index (χ3n) is 3.91. The molecule has 3 N–H and O–H groups in total. The average Bonchev–Trinajstić information content (AvgIpc) is 3.23. The van der Waals surface area contributed by atoms with Gasteiger partial charge in [-0.05, 0) is 31.6 Å². The van der Waals surface area contributed by atoms with Crippen LogP contribution >= 0.6 is 0 Å². The summed E-state index contributed by atoms with van der Waals surface area (Å²) in [6.07, 6.45) is 4.06. The molecule has 1 saturated carbocycles. The Kier molecular flexibility index (Phi) is 4.87. The van der Waals surface area contributed by atoms with Gasteiger partial charge in [0, 0.05) is 32.1 Å². The van der Waals surface area contributed by atoms with E-state index in [2.05, 4.69) is 12.1 Å². The van der Waals surface area contributed by atoms with Crippen molar-refractivity contribution in [1.82, 2.24) is 8.61 Å². The lowest BCUT2D eigenvalue weighted by Gasteiger charge is -2.34. The van der Waals surface area contributed by atoms with E-state index < -0.39 is 10.2 Å². The van der Waals surface area contributed by atoms with Crippen LogP contribution in [0.1, 0.15) is 39.0 Å². The summed E-state index contributed by atoms with van der Waals surface area (Å²) >= 11 is 0. The predicted octanol–water partition coefficient (Wildman–Crippen LogP) is 0.564. The lowest BCUT2D eigenvalue weighted by molar-refractivity contribution is 0.256. The first-order valence-electron chi connectivity index (χ1n) is 7.18. The number of rotatable bonds is 6. The molecule has 1 unspecified atom stereocenters. The molecule has 116 valence electrons. The van der Waals surface area contributed by atoms with Gasteiger partial charge in [-0.3, -0.25) is 0 Å². The van der Waals surface area contributed by atoms with Gasteiger partial charge in [-0.2, -0.15) is 17.0 Å². The maximum absolute atomic E-state index is 12.7. The van der Waals surface area contributed by atoms with E-state index in [1.165, 1.54) is 4.31 Å². The smallest absolute Gasteiger partial charge is 0.282 e. The van der Waals surface area contributed by atoms with Crippen molar-refractivity contribution in [1.29, 1.82) is 0 Å². The Bertz CT molecular complexity index is 461. The second-order valence-electron chi connectivity index (χ2n) is 5.80. The lowest BCUT2D eigenvalue weighted by atomic mass is 10.0. The van der Waals surface area contributed by atoms with Gasteiger partial charge in [0.1, 0.15) is 5.84 Å². The molecule has 0 radical (unpaired) electrons. The summed E-state index contributed by atoms with van der Waals surface area (Å²) in [5, 5.41) is 11.5. The van der Waals surface area contributed by atoms with Crippen molar-refractivity contribution in [3.05, 3.63) is 0 Å². The van der Waals surface area contributed by atoms with Crippen molar-refractivity contribution in [2.45, 2.75) is 45.1 Å². The van der Waals surface area contributed by atoms with Crippen LogP contribution in [-0.2, 0) is 10.2 Å². The van der Waals surface area contributed by atoms with Gasteiger partial charge in [0.15, 0.2) is 0 Å². The maximum atomic E-state index is 12.7. The Hall–Kier alpha value is -0.860. The highest BCUT2D eigenvalue weighted by Crippen LogP contribution is 2.32. The number of hydrogen-bond acceptors (Lipinski definition) is 4. The van der Waals surface area contributed by atoms with Gasteiger partial charge in [-0.15, -0.1) is 0 Å². The van der Waals surface area contributed by atoms with E-state index in [1.807, 2.05) is 0 Å². The van der Waals surface area contributed by atoms with Crippen LogP contribution in [0, 0.1) is 5.92 Å². The summed E-state index contributed by atoms with van der Waals surface area (Å²) in [6, 6.07) is 0.0868. The fourth-order valence-corrected chi connectivity index (χ4v) is 4.64. The Balaban J connectivity index is 2.06. The number of nitrogens with two attached hydrogens (primary N) is 1. The lowest BCUT2D eigenvalue weighted by Crippen LogP contribution is -2.49. The zero-order chi connectivity index (χ0) is 14.8. The van der Waals surface area contributed by atoms with Gasteiger partial charge in [0.05, 0.1) is 0 Å². The van der Waals surface area contributed by atoms with Crippen molar-refractivity contribution in [2.24, 2.45) is 16.8 Å². The van der Waals surface area contributed by atoms with Crippen LogP contribution in [0.5, 0.6) is 0 Å². The minimum Gasteiger partial charge on any atom is -0.409 e. The van der Waals surface area contributed by atoms with Crippen molar-refractivity contribution >= 4 is 16.0 Å². The van der Waals surface area contributed by atoms with Crippen molar-refractivity contribution < 1.29 is 13.6 Å². The third-order valence-corrected chi connectivity index (χ3v) is 5.97. The molecule has 1 atom stereocenters. The largest absolute Gasteiger partial charge is 0.409 e. The molecule has 2 aliphatic rings. The van der Waals surface area contributed by atoms with Gasteiger partial charge in [0.2, 0.25) is 0 Å². The summed E-state index contributed by atoms with van der Waals surface area (Å²) in [7, 11) is -3.42. The molecular formula is C12H24N4O3S. The van der Waals surface area contributed by atoms with E-state index in [1.54, 1.807) is 4.31 Å². The third kappa shape index (κ3) is 3.62. The van der Waals surface area contributed by atoms with Crippen molar-refractivity contribution in [3.63, 3.8) is 0 Å². The topological polar surface area (TPSA) is 99.2 Å². The Labute approximate surface area is 120 Å². The van der Waals surface area contributed by atoms with Gasteiger partial charge in [-0.1, -0.05) is 12.1 Å². The average molecular weight is 304 g/mol. The summed E-state index contributed by atoms with van der Waals surface area (Å²) in [6.45, 7) is 3.56. The molecule has 2 fully saturated rings. The molecule has 0 aromatic rings. The summed E-state index contributed by atoms with van der Waals surface area (Å²) in [5.74, 6) is 0.474. The van der Waals surface area contributed by atoms with Crippen molar-refractivity contribution in [3.8, 4) is 0 Å². The molecule has 2 rings (SSSR count). The van der Waals surface area contributed by atoms with Crippen LogP contribution < -0.4 is 5.73 Å². The second-order valence-corrected chi connectivity index (χ2v) is 7.68. The zero-order valence-electron chi connectivity index (χ0n) is 11.9. The normalized spacial score (nSPS) is 26.1. The van der Waals surface area contributed by atoms with E-state index in [-0.39, 0.29) is 24.8 Å². The van der Waals surface area contributed by atoms with Gasteiger partial charge in [-0.25, -0.2) is 0 Å². The summed E-state index contributed by atoms with van der Waals surface area (Å²) in [5.41, 5.74) is 5.45. The van der Waals surface area contributed by atoms with E-state index >= 15 is 0 Å². The molecule has 0 spiro atoms. The summed E-state index contributed by atoms with van der Waals surface area (Å²) in [4.78, 5) is 0. The highest BCUT2D eigenvalue weighted by Gasteiger charge is 2.41. The quantitative estimate of drug-likeness (QED) is 0.324. The first kappa shape index (κ1) is 15.5. The fourth-order valence-electron chi connectivity index (χ4n) is 2.63. The number of hydrogen-bond donors (Lipinski definition) is 2. The second kappa shape index (κ2) is 6.28. The first-order chi connectivity index (χ1) is 9.45. The van der Waals surface area contributed by atoms with Crippen LogP contribution in [0.3, 0.4) is 0 Å². The van der Waals surface area contributed by atoms with Gasteiger partial charge < -0.3 is 10.9 Å². The Morgan fingerprint density at radius 1 is 1.45 bits per heavy atom. The SMILES string of the molecule is CC1CCCN(S(=O)(=O)N(CCC(N)=NO)C2CC2)C1. The minimum absolute atomic E-state index is 0.0675. The molecule has 1 aliphatic carbocycles. The van der Waals surface area contributed by atoms with Crippen LogP contribution in [0.25, 0.3) is 0 Å². The highest BCUT2D eigenvalue weighted by atomic mass is 32.2. The molecular weight excluding hydrogens is 280 g/mol. The minimum atomic E-state index is -3.42. The number of amidine groups is 1. The molecule has 0 bridgehead atoms. The molecule has 20 heavy (non-hydrogen) atoms. The molecule has 1 saturated heterocycles. The monoisotopic (exact) mass is 304 g/mol. The zero-order valence-corrected chi connectivity index (χ0v) is 12.7. The molecule has 7 nitrogen and oxygen atoms in total. The standard InChI is InChI=1S/C12H24N4O3S/c1-10-3-2-7-15(9-10)20(18,19)16(11-4-5-11)8-6-12(13)14-17/h10-11,17H,2-9H2,1H3,(H2,13,14). The van der Waals surface area contributed by atoms with Crippen LogP contribution in [0.15, 0.2) is 5.16 Å². The molecule has 8 heteroatoms. The Morgan fingerprint density at radius 2 is 2.15 bits per heavy atom. The first-order valence-corrected chi connectivity index (χ1v) is 8.58. The molecule has 0 aromatic heterocycles. The maximum Gasteiger partial charge on any atom is 0.282 e. The summed E-state index contributed by atoms with van der Waals surface area (Å²) < 4.78 is 28.6. The fraction of sp³-hybridized carbons (Fsp3) is 0.917. The van der Waals surface area contributed by atoms with Crippen LogP contribution in [0.2, 0.25) is 0 Å². The molecule has 1 aliphatic heterocycles.